The number of carbonyl (C=O) groups is 1. The minimum absolute atomic E-state index is 0.00422. The maximum Gasteiger partial charge on any atom is 0.223 e. The number of hydrogen-bond acceptors (Lipinski definition) is 4. The Morgan fingerprint density at radius 2 is 2.00 bits per heavy atom. The number of aromatic nitrogens is 3. The summed E-state index contributed by atoms with van der Waals surface area (Å²) in [5.41, 5.74) is 0.921. The monoisotopic (exact) mass is 420 g/mol. The van der Waals surface area contributed by atoms with Gasteiger partial charge in [0.1, 0.15) is 0 Å². The molecule has 0 aliphatic heterocycles. The van der Waals surface area contributed by atoms with Gasteiger partial charge < -0.3 is 5.32 Å². The first-order valence-electron chi connectivity index (χ1n) is 10.1. The molecular formula is C21H29ClN4OS. The molecule has 0 saturated heterocycles. The van der Waals surface area contributed by atoms with E-state index in [9.17, 15) is 4.79 Å². The lowest BCUT2D eigenvalue weighted by molar-refractivity contribution is -0.124. The molecule has 5 nitrogen and oxygen atoms in total. The smallest absolute Gasteiger partial charge is 0.223 e. The minimum atomic E-state index is -0.245. The first-order valence-corrected chi connectivity index (χ1v) is 11.5. The average Bonchev–Trinajstić information content (AvgIpc) is 3.11. The van der Waals surface area contributed by atoms with Crippen molar-refractivity contribution in [1.82, 2.24) is 20.1 Å². The fourth-order valence-corrected chi connectivity index (χ4v) is 4.83. The van der Waals surface area contributed by atoms with Crippen LogP contribution >= 0.6 is 23.4 Å². The number of nitrogens with zero attached hydrogens (tertiary/aromatic N) is 3. The number of benzene rings is 1. The largest absolute Gasteiger partial charge is 0.346 e. The van der Waals surface area contributed by atoms with Crippen molar-refractivity contribution in [1.29, 1.82) is 0 Å². The summed E-state index contributed by atoms with van der Waals surface area (Å²) in [6.07, 6.45) is 6.61. The molecule has 1 aliphatic rings. The van der Waals surface area contributed by atoms with Gasteiger partial charge in [0.2, 0.25) is 5.91 Å². The molecule has 2 aromatic rings. The summed E-state index contributed by atoms with van der Waals surface area (Å²) < 4.78 is 2.03. The Bertz CT molecular complexity index is 801. The molecule has 1 aromatic heterocycles. The van der Waals surface area contributed by atoms with E-state index in [1.807, 2.05) is 49.6 Å². The Kier molecular flexibility index (Phi) is 7.41. The van der Waals surface area contributed by atoms with Gasteiger partial charge in [-0.05, 0) is 43.9 Å². The standard InChI is InChI=1S/C21H29ClN4OS/c1-14(2)20(27)23-15(3)19-24-25-21(28-13-16-8-5-4-6-9-16)26(19)18-11-7-10-17(22)12-18/h7,10-12,14-16H,4-6,8-9,13H2,1-3H3,(H,23,27)/t15-/m0/s1. The lowest BCUT2D eigenvalue weighted by Crippen LogP contribution is -2.31. The van der Waals surface area contributed by atoms with Crippen LogP contribution in [0.15, 0.2) is 29.4 Å². The van der Waals surface area contributed by atoms with Crippen LogP contribution in [0.3, 0.4) is 0 Å². The molecule has 1 aliphatic carbocycles. The molecular weight excluding hydrogens is 392 g/mol. The van der Waals surface area contributed by atoms with Crippen LogP contribution in [0.1, 0.15) is 64.7 Å². The molecule has 1 amide bonds. The molecule has 0 unspecified atom stereocenters. The van der Waals surface area contributed by atoms with E-state index in [-0.39, 0.29) is 17.9 Å². The highest BCUT2D eigenvalue weighted by atomic mass is 35.5. The van der Waals surface area contributed by atoms with E-state index in [0.717, 1.165) is 28.3 Å². The lowest BCUT2D eigenvalue weighted by Gasteiger charge is -2.21. The SMILES string of the molecule is CC(C)C(=O)N[C@@H](C)c1nnc(SCC2CCCCC2)n1-c1cccc(Cl)c1. The molecule has 3 rings (SSSR count). The Balaban J connectivity index is 1.86. The van der Waals surface area contributed by atoms with Crippen molar-refractivity contribution >= 4 is 29.3 Å². The summed E-state index contributed by atoms with van der Waals surface area (Å²) in [6, 6.07) is 7.45. The van der Waals surface area contributed by atoms with Crippen LogP contribution in [0.5, 0.6) is 0 Å². The number of rotatable bonds is 7. The van der Waals surface area contributed by atoms with Gasteiger partial charge >= 0.3 is 0 Å². The van der Waals surface area contributed by atoms with Crippen molar-refractivity contribution in [2.75, 3.05) is 5.75 Å². The van der Waals surface area contributed by atoms with Crippen molar-refractivity contribution in [2.45, 2.75) is 64.1 Å². The maximum atomic E-state index is 12.2. The predicted molar refractivity (Wildman–Crippen MR) is 115 cm³/mol. The highest BCUT2D eigenvalue weighted by Crippen LogP contribution is 2.32. The maximum absolute atomic E-state index is 12.2. The minimum Gasteiger partial charge on any atom is -0.346 e. The van der Waals surface area contributed by atoms with Gasteiger partial charge in [-0.1, -0.05) is 62.5 Å². The van der Waals surface area contributed by atoms with Crippen LogP contribution in [0.2, 0.25) is 5.02 Å². The Hall–Kier alpha value is -1.53. The molecule has 1 N–H and O–H groups in total. The second-order valence-electron chi connectivity index (χ2n) is 7.86. The van der Waals surface area contributed by atoms with Crippen molar-refractivity contribution in [3.63, 3.8) is 0 Å². The van der Waals surface area contributed by atoms with E-state index in [1.165, 1.54) is 32.1 Å². The summed E-state index contributed by atoms with van der Waals surface area (Å²) in [6.45, 7) is 5.71. The van der Waals surface area contributed by atoms with Crippen molar-refractivity contribution in [3.05, 3.63) is 35.1 Å². The van der Waals surface area contributed by atoms with E-state index < -0.39 is 0 Å². The number of halogens is 1. The quantitative estimate of drug-likeness (QED) is 0.607. The highest BCUT2D eigenvalue weighted by molar-refractivity contribution is 7.99. The van der Waals surface area contributed by atoms with Crippen LogP contribution in [-0.2, 0) is 4.79 Å². The Morgan fingerprint density at radius 1 is 1.25 bits per heavy atom. The number of hydrogen-bond donors (Lipinski definition) is 1. The molecule has 7 heteroatoms. The Morgan fingerprint density at radius 3 is 2.68 bits per heavy atom. The van der Waals surface area contributed by atoms with Gasteiger partial charge in [-0.25, -0.2) is 0 Å². The van der Waals surface area contributed by atoms with E-state index in [0.29, 0.717) is 5.02 Å². The van der Waals surface area contributed by atoms with Crippen LogP contribution in [0.25, 0.3) is 5.69 Å². The van der Waals surface area contributed by atoms with Crippen LogP contribution < -0.4 is 5.32 Å². The van der Waals surface area contributed by atoms with Gasteiger partial charge in [-0.3, -0.25) is 9.36 Å². The summed E-state index contributed by atoms with van der Waals surface area (Å²) in [5, 5.41) is 13.4. The first kappa shape index (κ1) is 21.2. The summed E-state index contributed by atoms with van der Waals surface area (Å²) in [5.74, 6) is 2.44. The molecule has 1 heterocycles. The van der Waals surface area contributed by atoms with Crippen molar-refractivity contribution < 1.29 is 4.79 Å². The van der Waals surface area contributed by atoms with Gasteiger partial charge in [-0.2, -0.15) is 0 Å². The van der Waals surface area contributed by atoms with Gasteiger partial charge in [-0.15, -0.1) is 10.2 Å². The van der Waals surface area contributed by atoms with E-state index in [2.05, 4.69) is 15.5 Å². The third kappa shape index (κ3) is 5.29. The van der Waals surface area contributed by atoms with Crippen molar-refractivity contribution in [3.8, 4) is 5.69 Å². The topological polar surface area (TPSA) is 59.8 Å². The zero-order chi connectivity index (χ0) is 20.1. The highest BCUT2D eigenvalue weighted by Gasteiger charge is 2.23. The second-order valence-corrected chi connectivity index (χ2v) is 9.28. The third-order valence-corrected chi connectivity index (χ3v) is 6.56. The molecule has 0 spiro atoms. The van der Waals surface area contributed by atoms with E-state index >= 15 is 0 Å². The first-order chi connectivity index (χ1) is 13.5. The molecule has 152 valence electrons. The summed E-state index contributed by atoms with van der Waals surface area (Å²) in [4.78, 5) is 12.2. The molecule has 1 saturated carbocycles. The van der Waals surface area contributed by atoms with Crippen LogP contribution in [-0.4, -0.2) is 26.4 Å². The molecule has 0 radical (unpaired) electrons. The summed E-state index contributed by atoms with van der Waals surface area (Å²) >= 11 is 7.99. The number of nitrogens with one attached hydrogen (secondary N) is 1. The van der Waals surface area contributed by atoms with Crippen molar-refractivity contribution in [2.24, 2.45) is 11.8 Å². The Labute approximate surface area is 176 Å². The number of thioether (sulfide) groups is 1. The van der Waals surface area contributed by atoms with Crippen LogP contribution in [0.4, 0.5) is 0 Å². The molecule has 0 bridgehead atoms. The normalized spacial score (nSPS) is 16.3. The fourth-order valence-electron chi connectivity index (χ4n) is 3.50. The third-order valence-electron chi connectivity index (χ3n) is 5.17. The fraction of sp³-hybridized carbons (Fsp3) is 0.571. The average molecular weight is 421 g/mol. The zero-order valence-corrected chi connectivity index (χ0v) is 18.4. The molecule has 1 atom stereocenters. The van der Waals surface area contributed by atoms with Gasteiger partial charge in [0, 0.05) is 16.7 Å². The van der Waals surface area contributed by atoms with E-state index in [4.69, 9.17) is 11.6 Å². The van der Waals surface area contributed by atoms with E-state index in [1.54, 1.807) is 11.8 Å². The van der Waals surface area contributed by atoms with Crippen LogP contribution in [0, 0.1) is 11.8 Å². The zero-order valence-electron chi connectivity index (χ0n) is 16.8. The van der Waals surface area contributed by atoms with Gasteiger partial charge in [0.15, 0.2) is 11.0 Å². The number of amides is 1. The molecule has 1 fully saturated rings. The summed E-state index contributed by atoms with van der Waals surface area (Å²) in [7, 11) is 0. The lowest BCUT2D eigenvalue weighted by atomic mass is 9.91. The van der Waals surface area contributed by atoms with Gasteiger partial charge in [0.25, 0.3) is 0 Å². The predicted octanol–water partition coefficient (Wildman–Crippen LogP) is 5.43. The second kappa shape index (κ2) is 9.79. The van der Waals surface area contributed by atoms with Gasteiger partial charge in [0.05, 0.1) is 11.7 Å². The molecule has 1 aromatic carbocycles. The molecule has 28 heavy (non-hydrogen) atoms. The number of carbonyl (C=O) groups excluding carboxylic acids is 1.